The molecule has 0 aliphatic rings. The first kappa shape index (κ1) is 15.6. The van der Waals surface area contributed by atoms with Crippen LogP contribution >= 0.6 is 0 Å². The van der Waals surface area contributed by atoms with E-state index in [4.69, 9.17) is 9.47 Å². The van der Waals surface area contributed by atoms with Gasteiger partial charge in [-0.2, -0.15) is 5.26 Å². The molecule has 0 amide bonds. The van der Waals surface area contributed by atoms with Gasteiger partial charge in [-0.15, -0.1) is 0 Å². The number of nitriles is 1. The summed E-state index contributed by atoms with van der Waals surface area (Å²) in [6.07, 6.45) is 1.58. The smallest absolute Gasteiger partial charge is 0.121 e. The molecule has 1 aromatic heterocycles. The predicted molar refractivity (Wildman–Crippen MR) is 93.3 cm³/mol. The van der Waals surface area contributed by atoms with Crippen LogP contribution in [-0.2, 0) is 6.54 Å². The number of anilines is 1. The number of hydrogen-bond donors (Lipinski definition) is 1. The van der Waals surface area contributed by atoms with Gasteiger partial charge in [0.25, 0.3) is 0 Å². The molecule has 0 saturated heterocycles. The van der Waals surface area contributed by atoms with E-state index in [9.17, 15) is 5.26 Å². The van der Waals surface area contributed by atoms with Crippen LogP contribution < -0.4 is 14.8 Å². The number of nitrogens with zero attached hydrogens (tertiary/aromatic N) is 2. The lowest BCUT2D eigenvalue weighted by Crippen LogP contribution is -2.03. The van der Waals surface area contributed by atoms with Gasteiger partial charge in [-0.1, -0.05) is 12.1 Å². The first-order chi connectivity index (χ1) is 11.7. The standard InChI is InChI=1S/C19H17N3O2/c1-23-15-5-3-4-13(8-15)11-22-19-14(10-20)12-21-18-9-16(24-2)6-7-17(18)19/h3-9,12H,11H2,1-2H3,(H,21,22). The lowest BCUT2D eigenvalue weighted by atomic mass is 10.1. The number of nitrogens with one attached hydrogen (secondary N) is 1. The molecule has 0 radical (unpaired) electrons. The van der Waals surface area contributed by atoms with Crippen LogP contribution in [0.25, 0.3) is 10.9 Å². The van der Waals surface area contributed by atoms with Gasteiger partial charge in [0.2, 0.25) is 0 Å². The summed E-state index contributed by atoms with van der Waals surface area (Å²) in [6.45, 7) is 0.580. The Morgan fingerprint density at radius 1 is 1.08 bits per heavy atom. The molecule has 0 unspecified atom stereocenters. The SMILES string of the molecule is COc1cccc(CNc2c(C#N)cnc3cc(OC)ccc23)c1. The fourth-order valence-electron chi connectivity index (χ4n) is 2.55. The summed E-state index contributed by atoms with van der Waals surface area (Å²) < 4.78 is 10.5. The summed E-state index contributed by atoms with van der Waals surface area (Å²) in [6, 6.07) is 15.6. The third kappa shape index (κ3) is 3.08. The second-order valence-electron chi connectivity index (χ2n) is 5.25. The van der Waals surface area contributed by atoms with Gasteiger partial charge < -0.3 is 14.8 Å². The fourth-order valence-corrected chi connectivity index (χ4v) is 2.55. The van der Waals surface area contributed by atoms with E-state index in [-0.39, 0.29) is 0 Å². The van der Waals surface area contributed by atoms with Gasteiger partial charge in [0, 0.05) is 24.2 Å². The van der Waals surface area contributed by atoms with E-state index < -0.39 is 0 Å². The Hall–Kier alpha value is -3.26. The van der Waals surface area contributed by atoms with E-state index in [1.807, 2.05) is 42.5 Å². The number of hydrogen-bond acceptors (Lipinski definition) is 5. The fraction of sp³-hybridized carbons (Fsp3) is 0.158. The van der Waals surface area contributed by atoms with Crippen molar-refractivity contribution in [3.63, 3.8) is 0 Å². The van der Waals surface area contributed by atoms with Crippen LogP contribution in [0.4, 0.5) is 5.69 Å². The molecule has 0 aliphatic heterocycles. The molecule has 24 heavy (non-hydrogen) atoms. The van der Waals surface area contributed by atoms with Crippen LogP contribution in [0.5, 0.6) is 11.5 Å². The van der Waals surface area contributed by atoms with Crippen LogP contribution in [0, 0.1) is 11.3 Å². The Bertz CT molecular complexity index is 916. The monoisotopic (exact) mass is 319 g/mol. The maximum absolute atomic E-state index is 9.38. The van der Waals surface area contributed by atoms with Gasteiger partial charge in [0.1, 0.15) is 17.6 Å². The average Bonchev–Trinajstić information content (AvgIpc) is 2.65. The highest BCUT2D eigenvalue weighted by Gasteiger charge is 2.10. The van der Waals surface area contributed by atoms with E-state index in [0.717, 1.165) is 33.7 Å². The number of fused-ring (bicyclic) bond motifs is 1. The molecule has 0 atom stereocenters. The minimum Gasteiger partial charge on any atom is -0.497 e. The molecule has 0 bridgehead atoms. The van der Waals surface area contributed by atoms with Crippen LogP contribution in [-0.4, -0.2) is 19.2 Å². The summed E-state index contributed by atoms with van der Waals surface area (Å²) >= 11 is 0. The van der Waals surface area contributed by atoms with Crippen molar-refractivity contribution in [2.45, 2.75) is 6.54 Å². The molecule has 3 rings (SSSR count). The molecule has 1 heterocycles. The van der Waals surface area contributed by atoms with Gasteiger partial charge in [-0.25, -0.2) is 0 Å². The van der Waals surface area contributed by atoms with Crippen LogP contribution in [0.2, 0.25) is 0 Å². The number of ether oxygens (including phenoxy) is 2. The Morgan fingerprint density at radius 3 is 2.62 bits per heavy atom. The van der Waals surface area contributed by atoms with Crippen LogP contribution in [0.1, 0.15) is 11.1 Å². The summed E-state index contributed by atoms with van der Waals surface area (Å²) in [5, 5.41) is 13.6. The van der Waals surface area contributed by atoms with Crippen LogP contribution in [0.3, 0.4) is 0 Å². The van der Waals surface area contributed by atoms with Crippen molar-refractivity contribution < 1.29 is 9.47 Å². The van der Waals surface area contributed by atoms with E-state index in [1.165, 1.54) is 0 Å². The number of methoxy groups -OCH3 is 2. The summed E-state index contributed by atoms with van der Waals surface area (Å²) in [5.74, 6) is 1.54. The highest BCUT2D eigenvalue weighted by molar-refractivity contribution is 5.94. The molecular formula is C19H17N3O2. The highest BCUT2D eigenvalue weighted by atomic mass is 16.5. The topological polar surface area (TPSA) is 67.2 Å². The first-order valence-corrected chi connectivity index (χ1v) is 7.49. The maximum Gasteiger partial charge on any atom is 0.121 e. The van der Waals surface area contributed by atoms with Crippen molar-refractivity contribution in [2.24, 2.45) is 0 Å². The molecule has 2 aromatic carbocycles. The van der Waals surface area contributed by atoms with Gasteiger partial charge in [0.05, 0.1) is 31.0 Å². The zero-order valence-electron chi connectivity index (χ0n) is 13.5. The minimum absolute atomic E-state index is 0.510. The van der Waals surface area contributed by atoms with Gasteiger partial charge in [0.15, 0.2) is 0 Å². The number of pyridine rings is 1. The second kappa shape index (κ2) is 6.88. The predicted octanol–water partition coefficient (Wildman–Crippen LogP) is 3.74. The van der Waals surface area contributed by atoms with E-state index >= 15 is 0 Å². The third-order valence-electron chi connectivity index (χ3n) is 3.80. The van der Waals surface area contributed by atoms with Crippen molar-refractivity contribution in [3.8, 4) is 17.6 Å². The number of benzene rings is 2. The van der Waals surface area contributed by atoms with E-state index in [2.05, 4.69) is 16.4 Å². The van der Waals surface area contributed by atoms with Gasteiger partial charge >= 0.3 is 0 Å². The quantitative estimate of drug-likeness (QED) is 0.776. The van der Waals surface area contributed by atoms with Crippen LogP contribution in [0.15, 0.2) is 48.7 Å². The Balaban J connectivity index is 1.96. The van der Waals surface area contributed by atoms with Gasteiger partial charge in [-0.3, -0.25) is 4.98 Å². The molecule has 5 nitrogen and oxygen atoms in total. The summed E-state index contributed by atoms with van der Waals surface area (Å²) in [4.78, 5) is 4.34. The van der Waals surface area contributed by atoms with Crippen molar-refractivity contribution >= 4 is 16.6 Å². The van der Waals surface area contributed by atoms with Crippen molar-refractivity contribution in [2.75, 3.05) is 19.5 Å². The molecular weight excluding hydrogens is 302 g/mol. The third-order valence-corrected chi connectivity index (χ3v) is 3.80. The van der Waals surface area contributed by atoms with Gasteiger partial charge in [-0.05, 0) is 29.8 Å². The Labute approximate surface area is 140 Å². The zero-order chi connectivity index (χ0) is 16.9. The first-order valence-electron chi connectivity index (χ1n) is 7.49. The molecule has 0 aliphatic carbocycles. The largest absolute Gasteiger partial charge is 0.497 e. The molecule has 0 saturated carbocycles. The lowest BCUT2D eigenvalue weighted by Gasteiger charge is -2.12. The zero-order valence-corrected chi connectivity index (χ0v) is 13.5. The van der Waals surface area contributed by atoms with Crippen molar-refractivity contribution in [1.82, 2.24) is 4.98 Å². The second-order valence-corrected chi connectivity index (χ2v) is 5.25. The normalized spacial score (nSPS) is 10.2. The summed E-state index contributed by atoms with van der Waals surface area (Å²) in [5.41, 5.74) is 3.13. The highest BCUT2D eigenvalue weighted by Crippen LogP contribution is 2.29. The molecule has 120 valence electrons. The minimum atomic E-state index is 0.510. The van der Waals surface area contributed by atoms with E-state index in [0.29, 0.717) is 12.1 Å². The molecule has 3 aromatic rings. The summed E-state index contributed by atoms with van der Waals surface area (Å²) in [7, 11) is 3.26. The van der Waals surface area contributed by atoms with Crippen molar-refractivity contribution in [1.29, 1.82) is 5.26 Å². The molecule has 0 fully saturated rings. The molecule has 0 spiro atoms. The molecule has 1 N–H and O–H groups in total. The Morgan fingerprint density at radius 2 is 1.88 bits per heavy atom. The number of aromatic nitrogens is 1. The van der Waals surface area contributed by atoms with E-state index in [1.54, 1.807) is 20.4 Å². The maximum atomic E-state index is 9.38. The lowest BCUT2D eigenvalue weighted by molar-refractivity contribution is 0.414. The molecule has 5 heteroatoms. The van der Waals surface area contributed by atoms with Crippen molar-refractivity contribution in [3.05, 3.63) is 59.8 Å². The number of rotatable bonds is 5. The average molecular weight is 319 g/mol. The Kier molecular flexibility index (Phi) is 4.48.